The zero-order valence-electron chi connectivity index (χ0n) is 14.0. The number of nitro groups is 1. The van der Waals surface area contributed by atoms with Crippen LogP contribution in [0.3, 0.4) is 0 Å². The molecule has 2 aromatic rings. The topological polar surface area (TPSA) is 72.7 Å². The molecule has 0 aliphatic rings. The van der Waals surface area contributed by atoms with E-state index >= 15 is 0 Å². The Hall–Kier alpha value is -2.89. The van der Waals surface area contributed by atoms with Gasteiger partial charge >= 0.3 is 5.69 Å². The molecule has 0 aliphatic heterocycles. The van der Waals surface area contributed by atoms with Gasteiger partial charge in [-0.05, 0) is 44.0 Å². The van der Waals surface area contributed by atoms with E-state index in [-0.39, 0.29) is 24.0 Å². The molecule has 0 saturated carbocycles. The third-order valence-corrected chi connectivity index (χ3v) is 3.69. The maximum atomic E-state index is 12.5. The van der Waals surface area contributed by atoms with Crippen molar-refractivity contribution in [2.75, 3.05) is 18.1 Å². The molecule has 24 heavy (non-hydrogen) atoms. The molecule has 0 fully saturated rings. The molecule has 0 heterocycles. The monoisotopic (exact) mass is 328 g/mol. The maximum absolute atomic E-state index is 12.5. The number of nitrogens with zero attached hydrogens (tertiary/aromatic N) is 2. The summed E-state index contributed by atoms with van der Waals surface area (Å²) in [7, 11) is 0. The Morgan fingerprint density at radius 2 is 1.92 bits per heavy atom. The van der Waals surface area contributed by atoms with Crippen molar-refractivity contribution >= 4 is 17.3 Å². The van der Waals surface area contributed by atoms with E-state index in [0.29, 0.717) is 6.54 Å². The minimum atomic E-state index is -0.526. The highest BCUT2D eigenvalue weighted by Crippen LogP contribution is 2.26. The van der Waals surface area contributed by atoms with E-state index in [0.717, 1.165) is 16.8 Å². The number of carbonyl (C=O) groups excluding carboxylic acids is 1. The van der Waals surface area contributed by atoms with Crippen LogP contribution in [0.15, 0.2) is 42.5 Å². The van der Waals surface area contributed by atoms with Crippen LogP contribution in [-0.2, 0) is 4.79 Å². The number of nitro benzene ring substituents is 1. The Kier molecular flexibility index (Phi) is 5.52. The van der Waals surface area contributed by atoms with E-state index in [9.17, 15) is 14.9 Å². The molecule has 126 valence electrons. The van der Waals surface area contributed by atoms with Crippen molar-refractivity contribution in [3.63, 3.8) is 0 Å². The van der Waals surface area contributed by atoms with Crippen LogP contribution in [0.4, 0.5) is 11.4 Å². The lowest BCUT2D eigenvalue weighted by Crippen LogP contribution is -2.35. The Labute approximate surface area is 140 Å². The van der Waals surface area contributed by atoms with E-state index < -0.39 is 4.92 Å². The van der Waals surface area contributed by atoms with Gasteiger partial charge in [-0.1, -0.05) is 24.3 Å². The van der Waals surface area contributed by atoms with Crippen LogP contribution in [0.5, 0.6) is 5.75 Å². The average molecular weight is 328 g/mol. The van der Waals surface area contributed by atoms with Crippen LogP contribution in [0.2, 0.25) is 0 Å². The normalized spacial score (nSPS) is 10.3. The van der Waals surface area contributed by atoms with E-state index in [4.69, 9.17) is 4.74 Å². The first-order valence-electron chi connectivity index (χ1n) is 7.68. The van der Waals surface area contributed by atoms with Crippen LogP contribution in [0, 0.1) is 24.0 Å². The second-order valence-corrected chi connectivity index (χ2v) is 5.44. The van der Waals surface area contributed by atoms with Gasteiger partial charge in [0, 0.05) is 18.3 Å². The number of aryl methyl sites for hydroxylation is 2. The molecule has 0 unspecified atom stereocenters. The van der Waals surface area contributed by atoms with E-state index in [1.54, 1.807) is 17.0 Å². The molecule has 0 saturated heterocycles. The van der Waals surface area contributed by atoms with Crippen molar-refractivity contribution in [1.82, 2.24) is 0 Å². The molecule has 0 aliphatic carbocycles. The highest BCUT2D eigenvalue weighted by Gasteiger charge is 2.19. The van der Waals surface area contributed by atoms with Crippen molar-refractivity contribution in [3.05, 3.63) is 63.7 Å². The van der Waals surface area contributed by atoms with Crippen molar-refractivity contribution in [2.45, 2.75) is 20.8 Å². The summed E-state index contributed by atoms with van der Waals surface area (Å²) < 4.78 is 5.40. The maximum Gasteiger partial charge on any atom is 0.310 e. The van der Waals surface area contributed by atoms with Gasteiger partial charge in [0.25, 0.3) is 5.91 Å². The summed E-state index contributed by atoms with van der Waals surface area (Å²) in [5.74, 6) is -0.155. The summed E-state index contributed by atoms with van der Waals surface area (Å²) in [6.45, 7) is 6.01. The lowest BCUT2D eigenvalue weighted by atomic mass is 10.1. The van der Waals surface area contributed by atoms with E-state index in [2.05, 4.69) is 0 Å². The zero-order chi connectivity index (χ0) is 17.7. The first-order chi connectivity index (χ1) is 11.4. The van der Waals surface area contributed by atoms with E-state index in [1.807, 2.05) is 39.0 Å². The van der Waals surface area contributed by atoms with Gasteiger partial charge < -0.3 is 9.64 Å². The van der Waals surface area contributed by atoms with Gasteiger partial charge in [0.2, 0.25) is 0 Å². The number of para-hydroxylation sites is 2. The third kappa shape index (κ3) is 3.90. The highest BCUT2D eigenvalue weighted by molar-refractivity contribution is 5.95. The lowest BCUT2D eigenvalue weighted by molar-refractivity contribution is -0.385. The van der Waals surface area contributed by atoms with Crippen LogP contribution in [0.1, 0.15) is 18.1 Å². The van der Waals surface area contributed by atoms with Crippen LogP contribution in [-0.4, -0.2) is 24.0 Å². The Balaban J connectivity index is 2.16. The van der Waals surface area contributed by atoms with Gasteiger partial charge in [0.05, 0.1) is 4.92 Å². The second kappa shape index (κ2) is 7.59. The smallest absolute Gasteiger partial charge is 0.310 e. The standard InChI is InChI=1S/C18H20N2O4/c1-4-19(16-11-13(2)9-10-14(16)3)18(21)12-24-17-8-6-5-7-15(17)20(22)23/h5-11H,4,12H2,1-3H3. The Bertz CT molecular complexity index is 758. The summed E-state index contributed by atoms with van der Waals surface area (Å²) in [6.07, 6.45) is 0. The van der Waals surface area contributed by atoms with Crippen molar-refractivity contribution in [3.8, 4) is 5.75 Å². The highest BCUT2D eigenvalue weighted by atomic mass is 16.6. The molecule has 2 aromatic carbocycles. The molecule has 0 bridgehead atoms. The van der Waals surface area contributed by atoms with Gasteiger partial charge in [0.1, 0.15) is 0 Å². The number of amides is 1. The summed E-state index contributed by atoms with van der Waals surface area (Å²) in [4.78, 5) is 24.6. The molecule has 6 heteroatoms. The molecule has 0 N–H and O–H groups in total. The first kappa shape index (κ1) is 17.5. The molecule has 0 aromatic heterocycles. The van der Waals surface area contributed by atoms with Gasteiger partial charge in [-0.2, -0.15) is 0 Å². The average Bonchev–Trinajstić information content (AvgIpc) is 2.57. The summed E-state index contributed by atoms with van der Waals surface area (Å²) in [6, 6.07) is 11.9. The van der Waals surface area contributed by atoms with Crippen molar-refractivity contribution < 1.29 is 14.5 Å². The lowest BCUT2D eigenvalue weighted by Gasteiger charge is -2.23. The molecule has 0 atom stereocenters. The first-order valence-corrected chi connectivity index (χ1v) is 7.68. The largest absolute Gasteiger partial charge is 0.477 e. The van der Waals surface area contributed by atoms with Gasteiger partial charge in [0.15, 0.2) is 12.4 Å². The fourth-order valence-corrected chi connectivity index (χ4v) is 2.44. The summed E-state index contributed by atoms with van der Waals surface area (Å²) >= 11 is 0. The SMILES string of the molecule is CCN(C(=O)COc1ccccc1[N+](=O)[O-])c1cc(C)ccc1C. The molecule has 2 rings (SSSR count). The Morgan fingerprint density at radius 3 is 2.58 bits per heavy atom. The van der Waals surface area contributed by atoms with Crippen molar-refractivity contribution in [2.24, 2.45) is 0 Å². The number of hydrogen-bond acceptors (Lipinski definition) is 4. The van der Waals surface area contributed by atoms with Gasteiger partial charge in [-0.25, -0.2) is 0 Å². The number of rotatable bonds is 6. The van der Waals surface area contributed by atoms with Crippen molar-refractivity contribution in [1.29, 1.82) is 0 Å². The number of anilines is 1. The quantitative estimate of drug-likeness (QED) is 0.599. The molecule has 1 amide bonds. The number of carbonyl (C=O) groups is 1. The number of likely N-dealkylation sites (N-methyl/N-ethyl adjacent to an activating group) is 1. The zero-order valence-corrected chi connectivity index (χ0v) is 14.0. The number of hydrogen-bond donors (Lipinski definition) is 0. The minimum absolute atomic E-state index is 0.0906. The minimum Gasteiger partial charge on any atom is -0.477 e. The second-order valence-electron chi connectivity index (χ2n) is 5.44. The molecule has 0 radical (unpaired) electrons. The molecule has 6 nitrogen and oxygen atoms in total. The fourth-order valence-electron chi connectivity index (χ4n) is 2.44. The number of ether oxygens (including phenoxy) is 1. The van der Waals surface area contributed by atoms with Gasteiger partial charge in [-0.15, -0.1) is 0 Å². The Morgan fingerprint density at radius 1 is 1.21 bits per heavy atom. The fraction of sp³-hybridized carbons (Fsp3) is 0.278. The van der Waals surface area contributed by atoms with Crippen LogP contribution in [0.25, 0.3) is 0 Å². The van der Waals surface area contributed by atoms with Crippen LogP contribution < -0.4 is 9.64 Å². The predicted molar refractivity (Wildman–Crippen MR) is 92.5 cm³/mol. The van der Waals surface area contributed by atoms with E-state index in [1.165, 1.54) is 12.1 Å². The summed E-state index contributed by atoms with van der Waals surface area (Å²) in [5.41, 5.74) is 2.72. The molecule has 0 spiro atoms. The number of benzene rings is 2. The summed E-state index contributed by atoms with van der Waals surface area (Å²) in [5, 5.41) is 11.0. The van der Waals surface area contributed by atoms with Gasteiger partial charge in [-0.3, -0.25) is 14.9 Å². The van der Waals surface area contributed by atoms with Crippen LogP contribution >= 0.6 is 0 Å². The molecular weight excluding hydrogens is 308 g/mol. The molecular formula is C18H20N2O4. The third-order valence-electron chi connectivity index (χ3n) is 3.69. The predicted octanol–water partition coefficient (Wildman–Crippen LogP) is 3.64.